The molecular formula is C29H28F7NO3. The highest BCUT2D eigenvalue weighted by Gasteiger charge is 2.47. The summed E-state index contributed by atoms with van der Waals surface area (Å²) in [5.74, 6) is -0.569. The van der Waals surface area contributed by atoms with E-state index < -0.39 is 53.7 Å². The summed E-state index contributed by atoms with van der Waals surface area (Å²) in [5.41, 5.74) is -1.71. The van der Waals surface area contributed by atoms with E-state index >= 15 is 0 Å². The standard InChI is InChI=1S/C29H28F7NO3/c30-21-4-1-16(2-5-21)27-24-14-37(22-6-7-23(39)12-22)13-17(24)3-8-25(27)40-26(15-38)18-9-19(28(31,32)33)11-20(10-18)29(34,35)36/h1-2,4-5,9-12,17,24-27,38H,3,6-8,13-15H2/t17-,24-,25+,26-,27+/m1/s1. The molecule has 2 fully saturated rings. The number of ether oxygens (including phenoxy) is 1. The number of hydrogen-bond donors (Lipinski definition) is 1. The van der Waals surface area contributed by atoms with Crippen molar-refractivity contribution in [2.24, 2.45) is 11.8 Å². The first-order valence-corrected chi connectivity index (χ1v) is 13.1. The van der Waals surface area contributed by atoms with Crippen LogP contribution in [0.4, 0.5) is 30.7 Å². The largest absolute Gasteiger partial charge is 0.416 e. The maximum Gasteiger partial charge on any atom is 0.416 e. The molecule has 0 spiro atoms. The molecule has 11 heteroatoms. The Labute approximate surface area is 226 Å². The van der Waals surface area contributed by atoms with Crippen molar-refractivity contribution in [2.75, 3.05) is 19.7 Å². The van der Waals surface area contributed by atoms with Crippen molar-refractivity contribution < 1.29 is 45.4 Å². The lowest BCUT2D eigenvalue weighted by Gasteiger charge is -2.41. The zero-order valence-corrected chi connectivity index (χ0v) is 21.3. The quantitative estimate of drug-likeness (QED) is 0.395. The molecule has 2 aliphatic carbocycles. The van der Waals surface area contributed by atoms with Gasteiger partial charge in [0.05, 0.1) is 23.8 Å². The molecule has 1 saturated heterocycles. The second-order valence-corrected chi connectivity index (χ2v) is 10.8. The van der Waals surface area contributed by atoms with Gasteiger partial charge in [-0.25, -0.2) is 4.39 Å². The van der Waals surface area contributed by atoms with Gasteiger partial charge in [0, 0.05) is 37.2 Å². The topological polar surface area (TPSA) is 49.8 Å². The molecule has 5 rings (SSSR count). The summed E-state index contributed by atoms with van der Waals surface area (Å²) in [6.07, 6.45) is -8.32. The number of likely N-dealkylation sites (tertiary alicyclic amines) is 1. The van der Waals surface area contributed by atoms with Crippen molar-refractivity contribution in [3.05, 3.63) is 82.3 Å². The van der Waals surface area contributed by atoms with Crippen LogP contribution in [-0.4, -0.2) is 41.6 Å². The summed E-state index contributed by atoms with van der Waals surface area (Å²) in [7, 11) is 0. The normalized spacial score (nSPS) is 26.1. The number of carbonyl (C=O) groups is 1. The van der Waals surface area contributed by atoms with Gasteiger partial charge in [0.15, 0.2) is 5.78 Å². The Morgan fingerprint density at radius 1 is 0.925 bits per heavy atom. The van der Waals surface area contributed by atoms with Crippen LogP contribution in [0.3, 0.4) is 0 Å². The lowest BCUT2D eigenvalue weighted by Crippen LogP contribution is -2.38. The number of rotatable bonds is 6. The molecule has 3 aliphatic rings. The van der Waals surface area contributed by atoms with E-state index in [2.05, 4.69) is 4.90 Å². The molecule has 0 unspecified atom stereocenters. The van der Waals surface area contributed by atoms with Gasteiger partial charge in [-0.3, -0.25) is 4.79 Å². The van der Waals surface area contributed by atoms with Crippen LogP contribution < -0.4 is 0 Å². The number of carbonyl (C=O) groups excluding carboxylic acids is 1. The van der Waals surface area contributed by atoms with E-state index in [9.17, 15) is 40.6 Å². The predicted molar refractivity (Wildman–Crippen MR) is 130 cm³/mol. The fourth-order valence-corrected chi connectivity index (χ4v) is 6.41. The number of benzene rings is 2. The highest BCUT2D eigenvalue weighted by molar-refractivity contribution is 5.92. The smallest absolute Gasteiger partial charge is 0.393 e. The third-order valence-electron chi connectivity index (χ3n) is 8.28. The highest BCUT2D eigenvalue weighted by atomic mass is 19.4. The fourth-order valence-electron chi connectivity index (χ4n) is 6.41. The highest BCUT2D eigenvalue weighted by Crippen LogP contribution is 2.49. The summed E-state index contributed by atoms with van der Waals surface area (Å²) in [4.78, 5) is 14.0. The van der Waals surface area contributed by atoms with E-state index in [1.807, 2.05) is 0 Å². The lowest BCUT2D eigenvalue weighted by atomic mass is 9.69. The molecule has 1 N–H and O–H groups in total. The summed E-state index contributed by atoms with van der Waals surface area (Å²) >= 11 is 0. The number of aliphatic hydroxyl groups excluding tert-OH is 1. The van der Waals surface area contributed by atoms with Crippen LogP contribution in [0.2, 0.25) is 0 Å². The van der Waals surface area contributed by atoms with Crippen molar-refractivity contribution in [3.8, 4) is 0 Å². The Hall–Kier alpha value is -2.92. The third-order valence-corrected chi connectivity index (χ3v) is 8.28. The molecular weight excluding hydrogens is 543 g/mol. The molecule has 0 amide bonds. The molecule has 2 aromatic carbocycles. The number of hydrogen-bond acceptors (Lipinski definition) is 4. The minimum absolute atomic E-state index is 0.0209. The Balaban J connectivity index is 1.47. The van der Waals surface area contributed by atoms with Gasteiger partial charge in [0.25, 0.3) is 0 Å². The second kappa shape index (κ2) is 10.8. The Kier molecular flexibility index (Phi) is 7.73. The van der Waals surface area contributed by atoms with Crippen molar-refractivity contribution in [3.63, 3.8) is 0 Å². The van der Waals surface area contributed by atoms with E-state index in [-0.39, 0.29) is 29.6 Å². The molecule has 1 aliphatic heterocycles. The molecule has 4 nitrogen and oxygen atoms in total. The van der Waals surface area contributed by atoms with Gasteiger partial charge in [-0.1, -0.05) is 12.1 Å². The molecule has 0 radical (unpaired) electrons. The maximum atomic E-state index is 13.8. The molecule has 2 aromatic rings. The van der Waals surface area contributed by atoms with Crippen molar-refractivity contribution in [1.29, 1.82) is 0 Å². The zero-order chi connectivity index (χ0) is 28.8. The van der Waals surface area contributed by atoms with E-state index in [1.54, 1.807) is 18.2 Å². The molecule has 1 heterocycles. The first kappa shape index (κ1) is 28.6. The first-order chi connectivity index (χ1) is 18.8. The number of fused-ring (bicyclic) bond motifs is 1. The minimum Gasteiger partial charge on any atom is -0.393 e. The Morgan fingerprint density at radius 2 is 1.57 bits per heavy atom. The number of ketones is 1. The van der Waals surface area contributed by atoms with Crippen LogP contribution in [0.25, 0.3) is 0 Å². The Bertz CT molecular complexity index is 1240. The SMILES string of the molecule is O=C1C=C(N2C[C@H]3CC[C@H](O[C@H](CO)c4cc(C(F)(F)F)cc(C(F)(F)F)c4)[C@@H](c4ccc(F)cc4)[C@@H]3C2)CC1. The van der Waals surface area contributed by atoms with Gasteiger partial charge in [0.2, 0.25) is 0 Å². The van der Waals surface area contributed by atoms with Crippen molar-refractivity contribution in [2.45, 2.75) is 56.2 Å². The van der Waals surface area contributed by atoms with Crippen molar-refractivity contribution >= 4 is 5.78 Å². The van der Waals surface area contributed by atoms with E-state index in [0.29, 0.717) is 50.9 Å². The van der Waals surface area contributed by atoms with Crippen LogP contribution in [-0.2, 0) is 21.9 Å². The minimum atomic E-state index is -5.03. The average Bonchev–Trinajstić information content (AvgIpc) is 3.52. The van der Waals surface area contributed by atoms with E-state index in [4.69, 9.17) is 4.74 Å². The van der Waals surface area contributed by atoms with Gasteiger partial charge in [-0.2, -0.15) is 26.3 Å². The number of alkyl halides is 6. The van der Waals surface area contributed by atoms with Gasteiger partial charge in [-0.15, -0.1) is 0 Å². The molecule has 40 heavy (non-hydrogen) atoms. The fraction of sp³-hybridized carbons (Fsp3) is 0.483. The average molecular weight is 572 g/mol. The van der Waals surface area contributed by atoms with Crippen LogP contribution in [0, 0.1) is 17.7 Å². The first-order valence-electron chi connectivity index (χ1n) is 13.1. The number of allylic oxidation sites excluding steroid dienone is 2. The molecule has 0 aromatic heterocycles. The Morgan fingerprint density at radius 3 is 2.12 bits per heavy atom. The molecule has 216 valence electrons. The molecule has 5 atom stereocenters. The van der Waals surface area contributed by atoms with Crippen LogP contribution in [0.1, 0.15) is 60.0 Å². The zero-order valence-electron chi connectivity index (χ0n) is 21.3. The molecule has 0 bridgehead atoms. The van der Waals surface area contributed by atoms with Crippen LogP contribution >= 0.6 is 0 Å². The van der Waals surface area contributed by atoms with Gasteiger partial charge < -0.3 is 14.7 Å². The van der Waals surface area contributed by atoms with E-state index in [0.717, 1.165) is 11.3 Å². The lowest BCUT2D eigenvalue weighted by molar-refractivity contribution is -0.143. The summed E-state index contributed by atoms with van der Waals surface area (Å²) in [6, 6.07) is 7.02. The number of aliphatic hydroxyl groups is 1. The maximum absolute atomic E-state index is 13.8. The third kappa shape index (κ3) is 5.90. The van der Waals surface area contributed by atoms with Gasteiger partial charge in [-0.05, 0) is 72.6 Å². The monoisotopic (exact) mass is 571 g/mol. The van der Waals surface area contributed by atoms with Crippen LogP contribution in [0.5, 0.6) is 0 Å². The van der Waals surface area contributed by atoms with E-state index in [1.165, 1.54) is 12.1 Å². The number of nitrogens with zero attached hydrogens (tertiary/aromatic N) is 1. The predicted octanol–water partition coefficient (Wildman–Crippen LogP) is 6.65. The van der Waals surface area contributed by atoms with Crippen molar-refractivity contribution in [1.82, 2.24) is 4.90 Å². The summed E-state index contributed by atoms with van der Waals surface area (Å²) in [6.45, 7) is 0.456. The van der Waals surface area contributed by atoms with Gasteiger partial charge in [0.1, 0.15) is 11.9 Å². The second-order valence-electron chi connectivity index (χ2n) is 10.8. The van der Waals surface area contributed by atoms with Crippen LogP contribution in [0.15, 0.2) is 54.2 Å². The summed E-state index contributed by atoms with van der Waals surface area (Å²) in [5, 5.41) is 10.1. The van der Waals surface area contributed by atoms with Gasteiger partial charge >= 0.3 is 12.4 Å². The summed E-state index contributed by atoms with van der Waals surface area (Å²) < 4.78 is 101. The molecule has 1 saturated carbocycles. The number of halogens is 7.